The van der Waals surface area contributed by atoms with Gasteiger partial charge in [-0.2, -0.15) is 0 Å². The summed E-state index contributed by atoms with van der Waals surface area (Å²) in [5.74, 6) is 0.712. The fraction of sp³-hybridized carbons (Fsp3) is 0.727. The van der Waals surface area contributed by atoms with Crippen LogP contribution in [0.5, 0.6) is 0 Å². The SMILES string of the molecule is CC(I)C1CC/C(=C2\CC(CI)OC2=O)O1. The normalized spacial score (nSPS) is 36.1. The standard InChI is InChI=1S/C11H14I2O3/c1-6(13)9-2-3-10(16-9)8-4-7(5-12)15-11(8)14/h6-7,9H,2-5H2,1H3/b10-8-. The Kier molecular flexibility index (Phi) is 4.37. The minimum absolute atomic E-state index is 0.0512. The molecule has 5 heteroatoms. The zero-order chi connectivity index (χ0) is 11.7. The number of rotatable bonds is 2. The number of carbonyl (C=O) groups excluding carboxylic acids is 1. The van der Waals surface area contributed by atoms with Gasteiger partial charge in [-0.15, -0.1) is 0 Å². The van der Waals surface area contributed by atoms with E-state index in [9.17, 15) is 4.79 Å². The van der Waals surface area contributed by atoms with Gasteiger partial charge < -0.3 is 9.47 Å². The molecule has 0 spiro atoms. The second kappa shape index (κ2) is 5.41. The average Bonchev–Trinajstić information content (AvgIpc) is 2.83. The summed E-state index contributed by atoms with van der Waals surface area (Å²) in [6.07, 6.45) is 2.94. The van der Waals surface area contributed by atoms with Gasteiger partial charge in [-0.1, -0.05) is 45.2 Å². The van der Waals surface area contributed by atoms with E-state index in [1.54, 1.807) is 0 Å². The van der Waals surface area contributed by atoms with Crippen LogP contribution in [-0.4, -0.2) is 26.5 Å². The van der Waals surface area contributed by atoms with E-state index in [4.69, 9.17) is 9.47 Å². The third kappa shape index (κ3) is 2.65. The van der Waals surface area contributed by atoms with Crippen LogP contribution in [0.25, 0.3) is 0 Å². The molecule has 0 N–H and O–H groups in total. The molecule has 0 saturated carbocycles. The Balaban J connectivity index is 2.09. The van der Waals surface area contributed by atoms with Gasteiger partial charge in [0.15, 0.2) is 0 Å². The summed E-state index contributed by atoms with van der Waals surface area (Å²) in [6.45, 7) is 2.14. The van der Waals surface area contributed by atoms with E-state index in [1.807, 2.05) is 0 Å². The predicted octanol–water partition coefficient (Wildman–Crippen LogP) is 2.99. The highest BCUT2D eigenvalue weighted by Gasteiger charge is 2.35. The Hall–Kier alpha value is 0.470. The van der Waals surface area contributed by atoms with E-state index < -0.39 is 0 Å². The zero-order valence-electron chi connectivity index (χ0n) is 9.04. The lowest BCUT2D eigenvalue weighted by molar-refractivity contribution is -0.138. The Labute approximate surface area is 123 Å². The van der Waals surface area contributed by atoms with E-state index in [-0.39, 0.29) is 18.2 Å². The average molecular weight is 448 g/mol. The van der Waals surface area contributed by atoms with E-state index in [0.717, 1.165) is 35.0 Å². The van der Waals surface area contributed by atoms with Crippen molar-refractivity contribution in [3.63, 3.8) is 0 Å². The second-order valence-electron chi connectivity index (χ2n) is 4.16. The Morgan fingerprint density at radius 1 is 1.50 bits per heavy atom. The predicted molar refractivity (Wildman–Crippen MR) is 78.0 cm³/mol. The molecule has 3 atom stereocenters. The van der Waals surface area contributed by atoms with Crippen molar-refractivity contribution in [2.45, 2.75) is 42.3 Å². The molecular formula is C11H14I2O3. The van der Waals surface area contributed by atoms with Gasteiger partial charge in [0, 0.05) is 21.2 Å². The second-order valence-corrected chi connectivity index (χ2v) is 7.01. The van der Waals surface area contributed by atoms with E-state index in [0.29, 0.717) is 3.92 Å². The monoisotopic (exact) mass is 448 g/mol. The first-order chi connectivity index (χ1) is 7.61. The molecule has 3 nitrogen and oxygen atoms in total. The van der Waals surface area contributed by atoms with Crippen molar-refractivity contribution in [1.29, 1.82) is 0 Å². The van der Waals surface area contributed by atoms with Crippen molar-refractivity contribution in [3.05, 3.63) is 11.3 Å². The first-order valence-electron chi connectivity index (χ1n) is 5.41. The van der Waals surface area contributed by atoms with Gasteiger partial charge in [0.1, 0.15) is 18.0 Å². The maximum Gasteiger partial charge on any atom is 0.337 e. The molecule has 2 rings (SSSR count). The summed E-state index contributed by atoms with van der Waals surface area (Å²) in [7, 11) is 0. The topological polar surface area (TPSA) is 35.5 Å². The molecule has 2 heterocycles. The van der Waals surface area contributed by atoms with Crippen molar-refractivity contribution < 1.29 is 14.3 Å². The van der Waals surface area contributed by atoms with Crippen LogP contribution in [0.4, 0.5) is 0 Å². The number of ether oxygens (including phenoxy) is 2. The molecule has 2 fully saturated rings. The zero-order valence-corrected chi connectivity index (χ0v) is 13.4. The van der Waals surface area contributed by atoms with Crippen molar-refractivity contribution in [3.8, 4) is 0 Å². The molecule has 90 valence electrons. The lowest BCUT2D eigenvalue weighted by Crippen LogP contribution is -2.15. The number of allylic oxidation sites excluding steroid dienone is 1. The van der Waals surface area contributed by atoms with Crippen LogP contribution < -0.4 is 0 Å². The molecule has 0 aromatic heterocycles. The smallest absolute Gasteiger partial charge is 0.337 e. The highest BCUT2D eigenvalue weighted by molar-refractivity contribution is 14.1. The number of alkyl halides is 2. The van der Waals surface area contributed by atoms with E-state index in [2.05, 4.69) is 52.1 Å². The Bertz CT molecular complexity index is 325. The number of cyclic esters (lactones) is 1. The van der Waals surface area contributed by atoms with Crippen LogP contribution >= 0.6 is 45.2 Å². The molecule has 0 aromatic carbocycles. The van der Waals surface area contributed by atoms with Crippen LogP contribution in [0, 0.1) is 0 Å². The molecule has 2 aliphatic rings. The molecule has 0 aromatic rings. The third-order valence-corrected chi connectivity index (χ3v) is 4.71. The number of hydrogen-bond donors (Lipinski definition) is 0. The maximum absolute atomic E-state index is 11.6. The first-order valence-corrected chi connectivity index (χ1v) is 8.18. The molecule has 3 unspecified atom stereocenters. The van der Waals surface area contributed by atoms with E-state index >= 15 is 0 Å². The molecular weight excluding hydrogens is 434 g/mol. The first kappa shape index (κ1) is 12.9. The third-order valence-electron chi connectivity index (χ3n) is 2.92. The molecule has 2 saturated heterocycles. The Morgan fingerprint density at radius 3 is 2.75 bits per heavy atom. The van der Waals surface area contributed by atoms with Crippen molar-refractivity contribution in [1.82, 2.24) is 0 Å². The van der Waals surface area contributed by atoms with Crippen molar-refractivity contribution >= 4 is 51.2 Å². The molecule has 16 heavy (non-hydrogen) atoms. The van der Waals surface area contributed by atoms with Crippen LogP contribution in [0.15, 0.2) is 11.3 Å². The fourth-order valence-corrected chi connectivity index (χ4v) is 3.01. The number of halogens is 2. The number of hydrogen-bond acceptors (Lipinski definition) is 3. The van der Waals surface area contributed by atoms with Crippen LogP contribution in [0.3, 0.4) is 0 Å². The molecule has 0 aliphatic carbocycles. The van der Waals surface area contributed by atoms with Crippen molar-refractivity contribution in [2.75, 3.05) is 4.43 Å². The van der Waals surface area contributed by atoms with Crippen LogP contribution in [0.2, 0.25) is 0 Å². The summed E-state index contributed by atoms with van der Waals surface area (Å²) in [4.78, 5) is 11.6. The lowest BCUT2D eigenvalue weighted by atomic mass is 10.1. The minimum Gasteiger partial charge on any atom is -0.493 e. The van der Waals surface area contributed by atoms with Crippen molar-refractivity contribution in [2.24, 2.45) is 0 Å². The van der Waals surface area contributed by atoms with Gasteiger partial charge in [-0.3, -0.25) is 0 Å². The molecule has 2 aliphatic heterocycles. The Morgan fingerprint density at radius 2 is 2.25 bits per heavy atom. The van der Waals surface area contributed by atoms with Gasteiger partial charge in [0.05, 0.1) is 5.57 Å². The van der Waals surface area contributed by atoms with Gasteiger partial charge >= 0.3 is 5.97 Å². The highest BCUT2D eigenvalue weighted by atomic mass is 127. The number of esters is 1. The summed E-state index contributed by atoms with van der Waals surface area (Å²) in [6, 6.07) is 0. The van der Waals surface area contributed by atoms with Crippen LogP contribution in [0.1, 0.15) is 26.2 Å². The lowest BCUT2D eigenvalue weighted by Gasteiger charge is -2.13. The number of carbonyl (C=O) groups is 1. The summed E-state index contributed by atoms with van der Waals surface area (Å²) < 4.78 is 12.4. The van der Waals surface area contributed by atoms with Gasteiger partial charge in [0.2, 0.25) is 0 Å². The maximum atomic E-state index is 11.6. The van der Waals surface area contributed by atoms with Gasteiger partial charge in [0.25, 0.3) is 0 Å². The fourth-order valence-electron chi connectivity index (χ4n) is 2.01. The van der Waals surface area contributed by atoms with E-state index in [1.165, 1.54) is 0 Å². The highest BCUT2D eigenvalue weighted by Crippen LogP contribution is 2.34. The van der Waals surface area contributed by atoms with Crippen LogP contribution in [-0.2, 0) is 14.3 Å². The quantitative estimate of drug-likeness (QED) is 0.282. The largest absolute Gasteiger partial charge is 0.493 e. The van der Waals surface area contributed by atoms with Gasteiger partial charge in [-0.05, 0) is 13.3 Å². The molecule has 0 radical (unpaired) electrons. The minimum atomic E-state index is -0.168. The van der Waals surface area contributed by atoms with Gasteiger partial charge in [-0.25, -0.2) is 4.79 Å². The summed E-state index contributed by atoms with van der Waals surface area (Å²) in [5.41, 5.74) is 0.779. The summed E-state index contributed by atoms with van der Waals surface area (Å²) in [5, 5.41) is 0. The molecule has 0 amide bonds. The molecule has 0 bridgehead atoms. The summed E-state index contributed by atoms with van der Waals surface area (Å²) >= 11 is 4.62.